The predicted molar refractivity (Wildman–Crippen MR) is 69.8 cm³/mol. The van der Waals surface area contributed by atoms with Crippen LogP contribution in [0.1, 0.15) is 24.2 Å². The minimum atomic E-state index is 0.0368. The van der Waals surface area contributed by atoms with Crippen molar-refractivity contribution in [3.05, 3.63) is 53.6 Å². The third-order valence-electron chi connectivity index (χ3n) is 3.22. The lowest BCUT2D eigenvalue weighted by Crippen LogP contribution is -2.02. The number of anilines is 1. The lowest BCUT2D eigenvalue weighted by Gasteiger charge is -2.13. The van der Waals surface area contributed by atoms with Gasteiger partial charge >= 0.3 is 0 Å². The number of nitrogens with two attached hydrogens (primary N) is 1. The molecule has 2 nitrogen and oxygen atoms in total. The van der Waals surface area contributed by atoms with Gasteiger partial charge < -0.3 is 10.5 Å². The van der Waals surface area contributed by atoms with Crippen LogP contribution in [0.15, 0.2) is 42.5 Å². The van der Waals surface area contributed by atoms with Crippen LogP contribution in [-0.4, -0.2) is 6.61 Å². The molecule has 1 aliphatic carbocycles. The van der Waals surface area contributed by atoms with Crippen LogP contribution in [0.25, 0.3) is 11.1 Å². The van der Waals surface area contributed by atoms with Gasteiger partial charge in [-0.3, -0.25) is 0 Å². The Hall–Kier alpha value is -1.80. The molecule has 3 rings (SSSR count). The second-order valence-electron chi connectivity index (χ2n) is 4.27. The van der Waals surface area contributed by atoms with Crippen LogP contribution < -0.4 is 5.73 Å². The van der Waals surface area contributed by atoms with Crippen molar-refractivity contribution in [2.24, 2.45) is 0 Å². The summed E-state index contributed by atoms with van der Waals surface area (Å²) in [6.45, 7) is 2.72. The summed E-state index contributed by atoms with van der Waals surface area (Å²) < 4.78 is 5.86. The summed E-state index contributed by atoms with van der Waals surface area (Å²) in [5.74, 6) is 0. The molecule has 0 spiro atoms. The van der Waals surface area contributed by atoms with Gasteiger partial charge in [0.05, 0.1) is 0 Å². The highest BCUT2D eigenvalue weighted by Gasteiger charge is 2.28. The van der Waals surface area contributed by atoms with Crippen molar-refractivity contribution in [3.8, 4) is 11.1 Å². The highest BCUT2D eigenvalue weighted by atomic mass is 16.5. The lowest BCUT2D eigenvalue weighted by atomic mass is 10.1. The molecule has 2 heteroatoms. The number of rotatable bonds is 2. The van der Waals surface area contributed by atoms with Crippen molar-refractivity contribution in [1.29, 1.82) is 0 Å². The standard InChI is InChI=1S/C15H15NO/c1-2-17-15-13-6-4-3-5-11(13)12-8-7-10(16)9-14(12)15/h3-9,15H,2,16H2,1H3. The van der Waals surface area contributed by atoms with Crippen LogP contribution in [0.2, 0.25) is 0 Å². The Morgan fingerprint density at radius 3 is 2.65 bits per heavy atom. The summed E-state index contributed by atoms with van der Waals surface area (Å²) in [4.78, 5) is 0. The third-order valence-corrected chi connectivity index (χ3v) is 3.22. The summed E-state index contributed by atoms with van der Waals surface area (Å²) in [7, 11) is 0. The van der Waals surface area contributed by atoms with Crippen molar-refractivity contribution in [1.82, 2.24) is 0 Å². The van der Waals surface area contributed by atoms with Gasteiger partial charge in [-0.15, -0.1) is 0 Å². The molecule has 0 heterocycles. The number of nitrogen functional groups attached to an aromatic ring is 1. The highest BCUT2D eigenvalue weighted by molar-refractivity contribution is 5.79. The first-order valence-corrected chi connectivity index (χ1v) is 5.91. The second-order valence-corrected chi connectivity index (χ2v) is 4.27. The normalized spacial score (nSPS) is 16.6. The minimum absolute atomic E-state index is 0.0368. The predicted octanol–water partition coefficient (Wildman–Crippen LogP) is 3.38. The third kappa shape index (κ3) is 1.53. The van der Waals surface area contributed by atoms with Gasteiger partial charge in [-0.05, 0) is 41.3 Å². The molecule has 2 aromatic rings. The van der Waals surface area contributed by atoms with E-state index < -0.39 is 0 Å². The average Bonchev–Trinajstić information content (AvgIpc) is 2.65. The summed E-state index contributed by atoms with van der Waals surface area (Å²) >= 11 is 0. The van der Waals surface area contributed by atoms with E-state index in [0.717, 1.165) is 5.69 Å². The average molecular weight is 225 g/mol. The number of hydrogen-bond acceptors (Lipinski definition) is 2. The van der Waals surface area contributed by atoms with Gasteiger partial charge in [-0.25, -0.2) is 0 Å². The molecule has 0 bridgehead atoms. The molecule has 2 aromatic carbocycles. The maximum atomic E-state index is 5.87. The Kier molecular flexibility index (Phi) is 2.37. The SMILES string of the molecule is CCOC1c2ccccc2-c2ccc(N)cc21. The fourth-order valence-electron chi connectivity index (χ4n) is 2.53. The quantitative estimate of drug-likeness (QED) is 0.795. The highest BCUT2D eigenvalue weighted by Crippen LogP contribution is 2.45. The van der Waals surface area contributed by atoms with E-state index in [-0.39, 0.29) is 6.10 Å². The van der Waals surface area contributed by atoms with Gasteiger partial charge in [-0.1, -0.05) is 30.3 Å². The van der Waals surface area contributed by atoms with E-state index in [2.05, 4.69) is 30.3 Å². The molecular weight excluding hydrogens is 210 g/mol. The summed E-state index contributed by atoms with van der Waals surface area (Å²) in [5, 5.41) is 0. The zero-order valence-electron chi connectivity index (χ0n) is 9.81. The van der Waals surface area contributed by atoms with Crippen LogP contribution in [0, 0.1) is 0 Å². The molecule has 17 heavy (non-hydrogen) atoms. The topological polar surface area (TPSA) is 35.2 Å². The van der Waals surface area contributed by atoms with Gasteiger partial charge in [-0.2, -0.15) is 0 Å². The Morgan fingerprint density at radius 2 is 1.82 bits per heavy atom. The molecule has 0 aromatic heterocycles. The zero-order chi connectivity index (χ0) is 11.8. The van der Waals surface area contributed by atoms with Crippen LogP contribution in [0.3, 0.4) is 0 Å². The molecule has 1 atom stereocenters. The van der Waals surface area contributed by atoms with Gasteiger partial charge in [0, 0.05) is 12.3 Å². The van der Waals surface area contributed by atoms with Crippen LogP contribution in [0.5, 0.6) is 0 Å². The van der Waals surface area contributed by atoms with Gasteiger partial charge in [0.1, 0.15) is 6.10 Å². The summed E-state index contributed by atoms with van der Waals surface area (Å²) in [6, 6.07) is 14.4. The fraction of sp³-hybridized carbons (Fsp3) is 0.200. The lowest BCUT2D eigenvalue weighted by molar-refractivity contribution is 0.0945. The second kappa shape index (κ2) is 3.90. The molecule has 86 valence electrons. The molecule has 2 N–H and O–H groups in total. The molecule has 0 radical (unpaired) electrons. The molecule has 0 saturated heterocycles. The maximum Gasteiger partial charge on any atom is 0.109 e. The van der Waals surface area contributed by atoms with Crippen LogP contribution in [0.4, 0.5) is 5.69 Å². The Balaban J connectivity index is 2.22. The number of fused-ring (bicyclic) bond motifs is 3. The van der Waals surface area contributed by atoms with Gasteiger partial charge in [0.2, 0.25) is 0 Å². The van der Waals surface area contributed by atoms with Crippen molar-refractivity contribution >= 4 is 5.69 Å². The van der Waals surface area contributed by atoms with E-state index in [1.807, 2.05) is 19.1 Å². The molecule has 0 fully saturated rings. The van der Waals surface area contributed by atoms with Gasteiger partial charge in [0.25, 0.3) is 0 Å². The summed E-state index contributed by atoms with van der Waals surface area (Å²) in [6.07, 6.45) is 0.0368. The zero-order valence-corrected chi connectivity index (χ0v) is 9.81. The Bertz CT molecular complexity index is 563. The maximum absolute atomic E-state index is 5.87. The van der Waals surface area contributed by atoms with Crippen LogP contribution >= 0.6 is 0 Å². The van der Waals surface area contributed by atoms with Gasteiger partial charge in [0.15, 0.2) is 0 Å². The first-order chi connectivity index (χ1) is 8.31. The van der Waals surface area contributed by atoms with Crippen molar-refractivity contribution in [2.45, 2.75) is 13.0 Å². The van der Waals surface area contributed by atoms with E-state index in [9.17, 15) is 0 Å². The number of ether oxygens (including phenoxy) is 1. The molecule has 0 aliphatic heterocycles. The van der Waals surface area contributed by atoms with E-state index in [1.54, 1.807) is 0 Å². The first-order valence-electron chi connectivity index (χ1n) is 5.91. The van der Waals surface area contributed by atoms with Crippen molar-refractivity contribution in [3.63, 3.8) is 0 Å². The Labute approximate surface area is 101 Å². The molecule has 1 unspecified atom stereocenters. The van der Waals surface area contributed by atoms with E-state index in [1.165, 1.54) is 22.3 Å². The molecule has 1 aliphatic rings. The minimum Gasteiger partial charge on any atom is -0.399 e. The monoisotopic (exact) mass is 225 g/mol. The smallest absolute Gasteiger partial charge is 0.109 e. The molecule has 0 saturated carbocycles. The number of hydrogen-bond donors (Lipinski definition) is 1. The fourth-order valence-corrected chi connectivity index (χ4v) is 2.53. The van der Waals surface area contributed by atoms with E-state index >= 15 is 0 Å². The van der Waals surface area contributed by atoms with Crippen molar-refractivity contribution in [2.75, 3.05) is 12.3 Å². The number of benzene rings is 2. The Morgan fingerprint density at radius 1 is 1.06 bits per heavy atom. The largest absolute Gasteiger partial charge is 0.399 e. The van der Waals surface area contributed by atoms with E-state index in [0.29, 0.717) is 6.61 Å². The molecular formula is C15H15NO. The van der Waals surface area contributed by atoms with Crippen molar-refractivity contribution < 1.29 is 4.74 Å². The van der Waals surface area contributed by atoms with Crippen LogP contribution in [-0.2, 0) is 4.74 Å². The van der Waals surface area contributed by atoms with E-state index in [4.69, 9.17) is 10.5 Å². The molecule has 0 amide bonds. The summed E-state index contributed by atoms with van der Waals surface area (Å²) in [5.41, 5.74) is 11.6. The first kappa shape index (κ1) is 10.4.